The maximum absolute atomic E-state index is 11.6. The highest BCUT2D eigenvalue weighted by molar-refractivity contribution is 7.98. The van der Waals surface area contributed by atoms with Crippen LogP contribution in [-0.4, -0.2) is 34.2 Å². The van der Waals surface area contributed by atoms with E-state index in [4.69, 9.17) is 11.5 Å². The van der Waals surface area contributed by atoms with Crippen LogP contribution in [0.15, 0.2) is 34.3 Å². The first kappa shape index (κ1) is 17.2. The lowest BCUT2D eigenvalue weighted by Gasteiger charge is -1.98. The Labute approximate surface area is 140 Å². The number of carbonyl (C=O) groups excluding carboxylic acids is 2. The Morgan fingerprint density at radius 2 is 1.79 bits per heavy atom. The summed E-state index contributed by atoms with van der Waals surface area (Å²) in [5.74, 6) is -1.53. The second kappa shape index (κ2) is 6.96. The molecule has 0 unspecified atom stereocenters. The number of nitrogens with one attached hydrogen (secondary N) is 1. The van der Waals surface area contributed by atoms with Gasteiger partial charge in [-0.05, 0) is 24.0 Å². The second-order valence-corrected chi connectivity index (χ2v) is 5.41. The molecule has 1 aromatic heterocycles. The van der Waals surface area contributed by atoms with Crippen molar-refractivity contribution in [1.82, 2.24) is 4.98 Å². The fraction of sp³-hybridized carbons (Fsp3) is 0.0714. The third-order valence-corrected chi connectivity index (χ3v) is 3.80. The minimum Gasteiger partial charge on any atom is -0.365 e. The minimum absolute atomic E-state index is 0.00847. The molecule has 2 aromatic rings. The molecule has 124 valence electrons. The molecular formula is C14H13N5O4S. The lowest BCUT2D eigenvalue weighted by molar-refractivity contribution is -0.384. The number of benzene rings is 1. The number of nitro benzene ring substituents is 1. The number of amides is 2. The number of thioether (sulfide) groups is 1. The molecule has 0 fully saturated rings. The summed E-state index contributed by atoms with van der Waals surface area (Å²) in [4.78, 5) is 40.2. The molecule has 0 saturated heterocycles. The fourth-order valence-electron chi connectivity index (χ4n) is 2.01. The van der Waals surface area contributed by atoms with Crippen molar-refractivity contribution in [2.75, 3.05) is 6.26 Å². The molecule has 9 nitrogen and oxygen atoms in total. The Balaban J connectivity index is 2.43. The molecule has 0 aliphatic rings. The van der Waals surface area contributed by atoms with Crippen LogP contribution in [0.1, 0.15) is 26.3 Å². The average molecular weight is 347 g/mol. The molecule has 2 rings (SSSR count). The normalized spacial score (nSPS) is 10.9. The van der Waals surface area contributed by atoms with E-state index in [0.29, 0.717) is 10.6 Å². The van der Waals surface area contributed by atoms with E-state index < -0.39 is 16.7 Å². The van der Waals surface area contributed by atoms with Gasteiger partial charge < -0.3 is 16.5 Å². The first-order valence-electron chi connectivity index (χ1n) is 6.53. The third-order valence-electron chi connectivity index (χ3n) is 3.09. The summed E-state index contributed by atoms with van der Waals surface area (Å²) in [7, 11) is 0. The summed E-state index contributed by atoms with van der Waals surface area (Å²) in [6.07, 6.45) is 3.09. The molecule has 0 spiro atoms. The summed E-state index contributed by atoms with van der Waals surface area (Å²) in [6, 6.07) is 5.65. The summed E-state index contributed by atoms with van der Waals surface area (Å²) in [5.41, 5.74) is 11.0. The number of aliphatic imine (C=N–C) groups is 1. The van der Waals surface area contributed by atoms with E-state index >= 15 is 0 Å². The summed E-state index contributed by atoms with van der Waals surface area (Å²) < 4.78 is 0. The average Bonchev–Trinajstić information content (AvgIpc) is 2.92. The molecule has 0 atom stereocenters. The topological polar surface area (TPSA) is 157 Å². The van der Waals surface area contributed by atoms with Gasteiger partial charge in [0.2, 0.25) is 0 Å². The predicted molar refractivity (Wildman–Crippen MR) is 90.0 cm³/mol. The standard InChI is InChI=1S/C14H13N5O4S/c1-24-14-10(12(16)21)9(11(15)20)13(18-14)17-6-7-2-4-8(5-3-7)19(22)23/h2-6,18H,1H3,(H2,15,20)(H2,16,21)/b17-6+. The number of nitrogens with zero attached hydrogens (tertiary/aromatic N) is 2. The number of hydrogen-bond donors (Lipinski definition) is 3. The summed E-state index contributed by atoms with van der Waals surface area (Å²) >= 11 is 1.19. The number of H-pyrrole nitrogens is 1. The van der Waals surface area contributed by atoms with Crippen molar-refractivity contribution in [3.05, 3.63) is 51.1 Å². The molecule has 24 heavy (non-hydrogen) atoms. The van der Waals surface area contributed by atoms with E-state index in [1.807, 2.05) is 0 Å². The summed E-state index contributed by atoms with van der Waals surface area (Å²) in [6.45, 7) is 0. The zero-order valence-corrected chi connectivity index (χ0v) is 13.3. The van der Waals surface area contributed by atoms with E-state index in [1.165, 1.54) is 42.2 Å². The van der Waals surface area contributed by atoms with Crippen LogP contribution in [0.3, 0.4) is 0 Å². The first-order chi connectivity index (χ1) is 11.3. The smallest absolute Gasteiger partial charge is 0.269 e. The van der Waals surface area contributed by atoms with Crippen molar-refractivity contribution in [3.63, 3.8) is 0 Å². The Morgan fingerprint density at radius 1 is 1.21 bits per heavy atom. The maximum Gasteiger partial charge on any atom is 0.269 e. The van der Waals surface area contributed by atoms with Gasteiger partial charge in [-0.15, -0.1) is 11.8 Å². The van der Waals surface area contributed by atoms with Crippen LogP contribution in [-0.2, 0) is 0 Å². The fourth-order valence-corrected chi connectivity index (χ4v) is 2.62. The van der Waals surface area contributed by atoms with E-state index in [2.05, 4.69) is 9.98 Å². The number of non-ortho nitro benzene ring substituents is 1. The quantitative estimate of drug-likeness (QED) is 0.313. The van der Waals surface area contributed by atoms with Gasteiger partial charge in [-0.1, -0.05) is 0 Å². The highest BCUT2D eigenvalue weighted by Crippen LogP contribution is 2.30. The SMILES string of the molecule is CSc1[nH]c(/N=C/c2ccc([N+](=O)[O-])cc2)c(C(N)=O)c1C(N)=O. The van der Waals surface area contributed by atoms with Crippen LogP contribution in [0.4, 0.5) is 11.5 Å². The number of carbonyl (C=O) groups is 2. The van der Waals surface area contributed by atoms with Crippen molar-refractivity contribution < 1.29 is 14.5 Å². The second-order valence-electron chi connectivity index (χ2n) is 4.59. The zero-order valence-electron chi connectivity index (χ0n) is 12.5. The molecule has 2 amide bonds. The lowest BCUT2D eigenvalue weighted by atomic mass is 10.1. The molecule has 0 aliphatic heterocycles. The zero-order chi connectivity index (χ0) is 17.9. The van der Waals surface area contributed by atoms with Crippen molar-refractivity contribution in [2.24, 2.45) is 16.5 Å². The Hall–Kier alpha value is -3.14. The van der Waals surface area contributed by atoms with Gasteiger partial charge in [0.05, 0.1) is 21.1 Å². The first-order valence-corrected chi connectivity index (χ1v) is 7.75. The van der Waals surface area contributed by atoms with Crippen LogP contribution in [0.25, 0.3) is 0 Å². The third kappa shape index (κ3) is 3.43. The number of primary amides is 2. The Morgan fingerprint density at radius 3 is 2.25 bits per heavy atom. The largest absolute Gasteiger partial charge is 0.365 e. The monoisotopic (exact) mass is 347 g/mol. The minimum atomic E-state index is -0.837. The van der Waals surface area contributed by atoms with Gasteiger partial charge in [0.25, 0.3) is 17.5 Å². The molecule has 0 bridgehead atoms. The number of hydrogen-bond acceptors (Lipinski definition) is 6. The number of aromatic nitrogens is 1. The van der Waals surface area contributed by atoms with E-state index in [0.717, 1.165) is 0 Å². The lowest BCUT2D eigenvalue weighted by Crippen LogP contribution is -2.19. The van der Waals surface area contributed by atoms with E-state index in [1.54, 1.807) is 6.26 Å². The van der Waals surface area contributed by atoms with E-state index in [-0.39, 0.29) is 22.6 Å². The predicted octanol–water partition coefficient (Wildman–Crippen LogP) is 1.59. The highest BCUT2D eigenvalue weighted by Gasteiger charge is 2.24. The number of rotatable bonds is 6. The molecule has 0 saturated carbocycles. The van der Waals surface area contributed by atoms with Crippen molar-refractivity contribution in [1.29, 1.82) is 0 Å². The van der Waals surface area contributed by atoms with Crippen LogP contribution in [0, 0.1) is 10.1 Å². The van der Waals surface area contributed by atoms with Crippen molar-refractivity contribution in [2.45, 2.75) is 5.03 Å². The van der Waals surface area contributed by atoms with Gasteiger partial charge in [-0.3, -0.25) is 19.7 Å². The van der Waals surface area contributed by atoms with Gasteiger partial charge in [-0.2, -0.15) is 0 Å². The van der Waals surface area contributed by atoms with Crippen LogP contribution in [0.5, 0.6) is 0 Å². The summed E-state index contributed by atoms with van der Waals surface area (Å²) in [5, 5.41) is 11.0. The van der Waals surface area contributed by atoms with Gasteiger partial charge in [-0.25, -0.2) is 4.99 Å². The Bertz CT molecular complexity index is 842. The number of nitrogens with two attached hydrogens (primary N) is 2. The van der Waals surface area contributed by atoms with Crippen LogP contribution >= 0.6 is 11.8 Å². The Kier molecular flexibility index (Phi) is 4.99. The molecule has 0 aliphatic carbocycles. The molecule has 1 aromatic carbocycles. The number of aromatic amines is 1. The molecule has 1 heterocycles. The molecule has 5 N–H and O–H groups in total. The van der Waals surface area contributed by atoms with E-state index in [9.17, 15) is 19.7 Å². The maximum atomic E-state index is 11.6. The molecule has 10 heteroatoms. The van der Waals surface area contributed by atoms with Gasteiger partial charge >= 0.3 is 0 Å². The highest BCUT2D eigenvalue weighted by atomic mass is 32.2. The van der Waals surface area contributed by atoms with Gasteiger partial charge in [0.1, 0.15) is 5.82 Å². The van der Waals surface area contributed by atoms with Gasteiger partial charge in [0.15, 0.2) is 0 Å². The van der Waals surface area contributed by atoms with Crippen LogP contribution in [0.2, 0.25) is 0 Å². The van der Waals surface area contributed by atoms with Gasteiger partial charge in [0, 0.05) is 18.3 Å². The van der Waals surface area contributed by atoms with Crippen molar-refractivity contribution >= 4 is 41.3 Å². The molecular weight excluding hydrogens is 334 g/mol. The van der Waals surface area contributed by atoms with Crippen LogP contribution < -0.4 is 11.5 Å². The number of nitro groups is 1. The molecule has 0 radical (unpaired) electrons. The van der Waals surface area contributed by atoms with Crippen molar-refractivity contribution in [3.8, 4) is 0 Å².